The molecule has 0 radical (unpaired) electrons. The van der Waals surface area contributed by atoms with Gasteiger partial charge in [0.1, 0.15) is 5.82 Å². The highest BCUT2D eigenvalue weighted by atomic mass is 79.9. The maximum absolute atomic E-state index is 4.35. The van der Waals surface area contributed by atoms with Crippen LogP contribution < -0.4 is 0 Å². The molecule has 2 rings (SSSR count). The molecule has 1 unspecified atom stereocenters. The number of fused-ring (bicyclic) bond motifs is 1. The molecule has 0 amide bonds. The Morgan fingerprint density at radius 3 is 3.00 bits per heavy atom. The SMILES string of the molecule is CC(CCBr)CCSc1nnc2n1CCCCC2. The summed E-state index contributed by atoms with van der Waals surface area (Å²) in [5, 5.41) is 10.9. The molecule has 0 bridgehead atoms. The van der Waals surface area contributed by atoms with Crippen molar-refractivity contribution in [3.05, 3.63) is 5.82 Å². The van der Waals surface area contributed by atoms with Crippen molar-refractivity contribution in [3.8, 4) is 0 Å². The fraction of sp³-hybridized carbons (Fsp3) is 0.846. The minimum absolute atomic E-state index is 0.795. The Hall–Kier alpha value is -0.0300. The van der Waals surface area contributed by atoms with Gasteiger partial charge in [-0.1, -0.05) is 41.0 Å². The first-order chi connectivity index (χ1) is 8.81. The van der Waals surface area contributed by atoms with Crippen molar-refractivity contribution in [3.63, 3.8) is 0 Å². The Bertz CT molecular complexity index is 367. The molecular weight excluding hydrogens is 310 g/mol. The minimum atomic E-state index is 0.795. The summed E-state index contributed by atoms with van der Waals surface area (Å²) in [6.45, 7) is 3.44. The van der Waals surface area contributed by atoms with Crippen molar-refractivity contribution in [2.24, 2.45) is 5.92 Å². The third-order valence-electron chi connectivity index (χ3n) is 3.52. The number of halogens is 1. The summed E-state index contributed by atoms with van der Waals surface area (Å²) >= 11 is 5.38. The molecule has 1 atom stereocenters. The highest BCUT2D eigenvalue weighted by molar-refractivity contribution is 9.09. The predicted octanol–water partition coefficient (Wildman–Crippen LogP) is 3.91. The third kappa shape index (κ3) is 3.98. The minimum Gasteiger partial charge on any atom is -0.306 e. The summed E-state index contributed by atoms with van der Waals surface area (Å²) < 4.78 is 2.34. The van der Waals surface area contributed by atoms with Gasteiger partial charge < -0.3 is 4.57 Å². The molecule has 3 nitrogen and oxygen atoms in total. The van der Waals surface area contributed by atoms with Crippen molar-refractivity contribution >= 4 is 27.7 Å². The quantitative estimate of drug-likeness (QED) is 0.585. The van der Waals surface area contributed by atoms with Gasteiger partial charge in [0, 0.05) is 24.0 Å². The van der Waals surface area contributed by atoms with Crippen molar-refractivity contribution in [1.82, 2.24) is 14.8 Å². The Kier molecular flexibility index (Phi) is 6.02. The normalized spacial score (nSPS) is 17.2. The van der Waals surface area contributed by atoms with Gasteiger partial charge in [0.15, 0.2) is 5.16 Å². The zero-order valence-electron chi connectivity index (χ0n) is 11.1. The van der Waals surface area contributed by atoms with Crippen molar-refractivity contribution < 1.29 is 0 Å². The number of alkyl halides is 1. The lowest BCUT2D eigenvalue weighted by atomic mass is 10.1. The largest absolute Gasteiger partial charge is 0.306 e. The summed E-state index contributed by atoms with van der Waals surface area (Å²) in [7, 11) is 0. The highest BCUT2D eigenvalue weighted by Crippen LogP contribution is 2.23. The number of aromatic nitrogens is 3. The fourth-order valence-corrected chi connectivity index (χ4v) is 4.18. The number of hydrogen-bond acceptors (Lipinski definition) is 3. The van der Waals surface area contributed by atoms with E-state index in [1.807, 2.05) is 11.8 Å². The van der Waals surface area contributed by atoms with Crippen LogP contribution in [0.1, 0.15) is 44.9 Å². The predicted molar refractivity (Wildman–Crippen MR) is 80.5 cm³/mol. The zero-order chi connectivity index (χ0) is 12.8. The molecule has 1 aromatic heterocycles. The van der Waals surface area contributed by atoms with Crippen molar-refractivity contribution in [2.75, 3.05) is 11.1 Å². The van der Waals surface area contributed by atoms with Crippen LogP contribution in [0.2, 0.25) is 0 Å². The highest BCUT2D eigenvalue weighted by Gasteiger charge is 2.14. The molecule has 1 aromatic rings. The van der Waals surface area contributed by atoms with Crippen molar-refractivity contribution in [2.45, 2.75) is 57.1 Å². The molecule has 102 valence electrons. The summed E-state index contributed by atoms with van der Waals surface area (Å²) in [4.78, 5) is 0. The maximum Gasteiger partial charge on any atom is 0.191 e. The molecular formula is C13H22BrN3S. The number of thioether (sulfide) groups is 1. The lowest BCUT2D eigenvalue weighted by Gasteiger charge is -2.09. The summed E-state index contributed by atoms with van der Waals surface area (Å²) in [5.74, 6) is 3.15. The Labute approximate surface area is 122 Å². The van der Waals surface area contributed by atoms with E-state index in [1.54, 1.807) is 0 Å². The topological polar surface area (TPSA) is 30.7 Å². The molecule has 0 spiro atoms. The van der Waals surface area contributed by atoms with Gasteiger partial charge in [-0.15, -0.1) is 10.2 Å². The molecule has 5 heteroatoms. The summed E-state index contributed by atoms with van der Waals surface area (Å²) in [6.07, 6.45) is 7.50. The Morgan fingerprint density at radius 1 is 1.28 bits per heavy atom. The molecule has 0 saturated carbocycles. The van der Waals surface area contributed by atoms with E-state index in [9.17, 15) is 0 Å². The molecule has 18 heavy (non-hydrogen) atoms. The van der Waals surface area contributed by atoms with E-state index in [0.717, 1.165) is 35.1 Å². The van der Waals surface area contributed by atoms with Crippen LogP contribution >= 0.6 is 27.7 Å². The second-order valence-corrected chi connectivity index (χ2v) is 6.94. The molecule has 0 fully saturated rings. The van der Waals surface area contributed by atoms with Crippen LogP contribution in [0.4, 0.5) is 0 Å². The van der Waals surface area contributed by atoms with Gasteiger partial charge in [-0.2, -0.15) is 0 Å². The average molecular weight is 332 g/mol. The van der Waals surface area contributed by atoms with Crippen LogP contribution in [0.3, 0.4) is 0 Å². The second-order valence-electron chi connectivity index (χ2n) is 5.08. The number of rotatable bonds is 6. The molecule has 0 aromatic carbocycles. The monoisotopic (exact) mass is 331 g/mol. The third-order valence-corrected chi connectivity index (χ3v) is 4.98. The van der Waals surface area contributed by atoms with Crippen LogP contribution in [-0.2, 0) is 13.0 Å². The van der Waals surface area contributed by atoms with Crippen LogP contribution in [0, 0.1) is 5.92 Å². The lowest BCUT2D eigenvalue weighted by Crippen LogP contribution is -2.03. The van der Waals surface area contributed by atoms with E-state index in [4.69, 9.17) is 0 Å². The van der Waals surface area contributed by atoms with E-state index in [-0.39, 0.29) is 0 Å². The van der Waals surface area contributed by atoms with Gasteiger partial charge in [0.05, 0.1) is 0 Å². The molecule has 0 saturated heterocycles. The van der Waals surface area contributed by atoms with Crippen molar-refractivity contribution in [1.29, 1.82) is 0 Å². The van der Waals surface area contributed by atoms with Crippen LogP contribution in [0.15, 0.2) is 5.16 Å². The van der Waals surface area contributed by atoms with Gasteiger partial charge in [-0.25, -0.2) is 0 Å². The van der Waals surface area contributed by atoms with E-state index >= 15 is 0 Å². The molecule has 0 aliphatic carbocycles. The van der Waals surface area contributed by atoms with E-state index in [2.05, 4.69) is 37.6 Å². The zero-order valence-corrected chi connectivity index (χ0v) is 13.5. The van der Waals surface area contributed by atoms with Crippen LogP contribution in [0.25, 0.3) is 0 Å². The molecule has 1 aliphatic rings. The van der Waals surface area contributed by atoms with Gasteiger partial charge in [-0.05, 0) is 31.6 Å². The van der Waals surface area contributed by atoms with Gasteiger partial charge >= 0.3 is 0 Å². The smallest absolute Gasteiger partial charge is 0.191 e. The van der Waals surface area contributed by atoms with Gasteiger partial charge in [-0.3, -0.25) is 0 Å². The average Bonchev–Trinajstić information content (AvgIpc) is 2.60. The van der Waals surface area contributed by atoms with Gasteiger partial charge in [0.2, 0.25) is 0 Å². The van der Waals surface area contributed by atoms with Gasteiger partial charge in [0.25, 0.3) is 0 Å². The first-order valence-corrected chi connectivity index (χ1v) is 9.03. The number of aryl methyl sites for hydroxylation is 1. The van der Waals surface area contributed by atoms with E-state index in [1.165, 1.54) is 37.9 Å². The molecule has 1 aliphatic heterocycles. The summed E-state index contributed by atoms with van der Waals surface area (Å²) in [6, 6.07) is 0. The molecule has 0 N–H and O–H groups in total. The van der Waals surface area contributed by atoms with E-state index in [0.29, 0.717) is 0 Å². The Morgan fingerprint density at radius 2 is 2.17 bits per heavy atom. The van der Waals surface area contributed by atoms with Crippen LogP contribution in [0.5, 0.6) is 0 Å². The Balaban J connectivity index is 1.84. The van der Waals surface area contributed by atoms with Crippen LogP contribution in [-0.4, -0.2) is 25.8 Å². The summed E-state index contributed by atoms with van der Waals surface area (Å²) in [5.41, 5.74) is 0. The molecule has 2 heterocycles. The number of hydrogen-bond donors (Lipinski definition) is 0. The lowest BCUT2D eigenvalue weighted by molar-refractivity contribution is 0.553. The standard InChI is InChI=1S/C13H22BrN3S/c1-11(6-8-14)7-10-18-13-16-15-12-5-3-2-4-9-17(12)13/h11H,2-10H2,1H3. The fourth-order valence-electron chi connectivity index (χ4n) is 2.25. The maximum atomic E-state index is 4.35. The number of nitrogens with zero attached hydrogens (tertiary/aromatic N) is 3. The first kappa shape index (κ1) is 14.4. The van der Waals surface area contributed by atoms with E-state index < -0.39 is 0 Å². The second kappa shape index (κ2) is 7.53. The first-order valence-electron chi connectivity index (χ1n) is 6.92.